The molecule has 1 heteroatoms. The summed E-state index contributed by atoms with van der Waals surface area (Å²) in [5.74, 6) is 0. The van der Waals surface area contributed by atoms with Gasteiger partial charge in [0.15, 0.2) is 0 Å². The van der Waals surface area contributed by atoms with Gasteiger partial charge in [-0.15, -0.1) is 0 Å². The van der Waals surface area contributed by atoms with E-state index in [1.807, 2.05) is 6.08 Å². The van der Waals surface area contributed by atoms with Gasteiger partial charge >= 0.3 is 0 Å². The van der Waals surface area contributed by atoms with Crippen molar-refractivity contribution in [2.45, 2.75) is 26.7 Å². The summed E-state index contributed by atoms with van der Waals surface area (Å²) in [6.45, 7) is 8.37. The van der Waals surface area contributed by atoms with Crippen LogP contribution in [0.15, 0.2) is 85.0 Å². The molecule has 1 heterocycles. The Labute approximate surface area is 173 Å². The molecule has 0 spiro atoms. The van der Waals surface area contributed by atoms with Crippen LogP contribution in [0.25, 0.3) is 34.8 Å². The average Bonchev–Trinajstić information content (AvgIpc) is 3.30. The highest BCUT2D eigenvalue weighted by Gasteiger charge is 2.15. The lowest BCUT2D eigenvalue weighted by molar-refractivity contribution is 1.12. The summed E-state index contributed by atoms with van der Waals surface area (Å²) in [6.07, 6.45) is 17.3. The van der Waals surface area contributed by atoms with Crippen LogP contribution in [0, 0.1) is 0 Å². The molecule has 1 nitrogen and oxygen atoms in total. The van der Waals surface area contributed by atoms with E-state index in [2.05, 4.69) is 110 Å². The van der Waals surface area contributed by atoms with Crippen molar-refractivity contribution in [1.82, 2.24) is 4.57 Å². The quantitative estimate of drug-likeness (QED) is 0.387. The zero-order valence-corrected chi connectivity index (χ0v) is 17.2. The number of aromatic nitrogens is 1. The Bertz CT molecular complexity index is 1180. The predicted octanol–water partition coefficient (Wildman–Crippen LogP) is 7.76. The van der Waals surface area contributed by atoms with Crippen LogP contribution in [0.4, 0.5) is 0 Å². The van der Waals surface area contributed by atoms with Gasteiger partial charge in [0, 0.05) is 16.6 Å². The molecule has 0 bridgehead atoms. The predicted molar refractivity (Wildman–Crippen MR) is 129 cm³/mol. The van der Waals surface area contributed by atoms with Gasteiger partial charge in [-0.05, 0) is 54.7 Å². The van der Waals surface area contributed by atoms with Crippen LogP contribution in [0.5, 0.6) is 0 Å². The van der Waals surface area contributed by atoms with Crippen molar-refractivity contribution in [2.24, 2.45) is 0 Å². The number of hydrogen-bond donors (Lipinski definition) is 0. The molecule has 0 saturated heterocycles. The monoisotopic (exact) mass is 377 g/mol. The molecule has 0 atom stereocenters. The summed E-state index contributed by atoms with van der Waals surface area (Å²) in [6, 6.07) is 17.2. The summed E-state index contributed by atoms with van der Waals surface area (Å²) >= 11 is 0. The van der Waals surface area contributed by atoms with Gasteiger partial charge in [-0.2, -0.15) is 0 Å². The smallest absolute Gasteiger partial charge is 0.0540 e. The topological polar surface area (TPSA) is 4.93 Å². The third-order valence-corrected chi connectivity index (χ3v) is 5.41. The maximum absolute atomic E-state index is 4.12. The van der Waals surface area contributed by atoms with Crippen molar-refractivity contribution in [1.29, 1.82) is 0 Å². The van der Waals surface area contributed by atoms with Gasteiger partial charge in [0.1, 0.15) is 0 Å². The largest absolute Gasteiger partial charge is 0.310 e. The molecular weight excluding hydrogens is 350 g/mol. The van der Waals surface area contributed by atoms with Gasteiger partial charge in [0.2, 0.25) is 0 Å². The van der Waals surface area contributed by atoms with Crippen LogP contribution < -0.4 is 0 Å². The molecule has 1 aliphatic rings. The first-order chi connectivity index (χ1) is 14.3. The first-order valence-electron chi connectivity index (χ1n) is 10.3. The number of rotatable bonds is 6. The summed E-state index contributed by atoms with van der Waals surface area (Å²) in [5.41, 5.74) is 8.84. The molecule has 0 saturated carbocycles. The van der Waals surface area contributed by atoms with Gasteiger partial charge in [0.25, 0.3) is 0 Å². The van der Waals surface area contributed by atoms with E-state index >= 15 is 0 Å². The highest BCUT2D eigenvalue weighted by Crippen LogP contribution is 2.32. The van der Waals surface area contributed by atoms with E-state index in [4.69, 9.17) is 0 Å². The SMILES string of the molecule is C=Cc1c(/C=C\C)c2ccccc2n1C(/C=C\C1=Cc2ccccc2C1)=C/CC. The van der Waals surface area contributed by atoms with E-state index in [0.29, 0.717) is 0 Å². The number of para-hydroxylation sites is 1. The zero-order chi connectivity index (χ0) is 20.2. The van der Waals surface area contributed by atoms with Crippen LogP contribution in [-0.2, 0) is 6.42 Å². The van der Waals surface area contributed by atoms with Crippen molar-refractivity contribution in [3.05, 3.63) is 107 Å². The molecule has 0 N–H and O–H groups in total. The third kappa shape index (κ3) is 3.56. The highest BCUT2D eigenvalue weighted by molar-refractivity contribution is 5.97. The molecule has 0 aliphatic heterocycles. The Morgan fingerprint density at radius 3 is 2.62 bits per heavy atom. The summed E-state index contributed by atoms with van der Waals surface area (Å²) in [5, 5.41) is 1.25. The number of benzene rings is 2. The standard InChI is InChI=1S/C28H27N/c1-4-11-24(18-17-21-19-22-13-7-8-14-23(22)20-21)29-27(6-3)25(12-5-2)26-15-9-10-16-28(26)29/h5-19H,3-4,20H2,1-2H3/b12-5-,18-17-,24-11+. The minimum absolute atomic E-state index is 0.973. The Morgan fingerprint density at radius 2 is 1.86 bits per heavy atom. The Balaban J connectivity index is 1.80. The number of allylic oxidation sites excluding steroid dienone is 6. The van der Waals surface area contributed by atoms with E-state index in [1.54, 1.807) is 0 Å². The van der Waals surface area contributed by atoms with E-state index in [0.717, 1.165) is 18.5 Å². The lowest BCUT2D eigenvalue weighted by atomic mass is 10.1. The molecule has 2 aromatic carbocycles. The fourth-order valence-corrected chi connectivity index (χ4v) is 4.15. The molecule has 1 aliphatic carbocycles. The minimum atomic E-state index is 0.973. The van der Waals surface area contributed by atoms with Crippen LogP contribution in [0.3, 0.4) is 0 Å². The fourth-order valence-electron chi connectivity index (χ4n) is 4.15. The summed E-state index contributed by atoms with van der Waals surface area (Å²) in [4.78, 5) is 0. The normalized spacial score (nSPS) is 14.1. The summed E-state index contributed by atoms with van der Waals surface area (Å²) < 4.78 is 2.33. The van der Waals surface area contributed by atoms with Crippen molar-refractivity contribution >= 4 is 34.8 Å². The zero-order valence-electron chi connectivity index (χ0n) is 17.2. The van der Waals surface area contributed by atoms with Gasteiger partial charge in [-0.3, -0.25) is 0 Å². The number of hydrogen-bond acceptors (Lipinski definition) is 0. The minimum Gasteiger partial charge on any atom is -0.310 e. The molecule has 0 fully saturated rings. The first kappa shape index (κ1) is 19.0. The molecule has 0 radical (unpaired) electrons. The number of fused-ring (bicyclic) bond motifs is 2. The lowest BCUT2D eigenvalue weighted by Gasteiger charge is -2.11. The van der Waals surface area contributed by atoms with Crippen molar-refractivity contribution in [3.63, 3.8) is 0 Å². The Morgan fingerprint density at radius 1 is 1.07 bits per heavy atom. The molecule has 0 amide bonds. The maximum Gasteiger partial charge on any atom is 0.0540 e. The van der Waals surface area contributed by atoms with Crippen molar-refractivity contribution in [3.8, 4) is 0 Å². The van der Waals surface area contributed by atoms with Crippen molar-refractivity contribution in [2.75, 3.05) is 0 Å². The lowest BCUT2D eigenvalue weighted by Crippen LogP contribution is -1.98. The Kier molecular flexibility index (Phi) is 5.48. The molecule has 4 rings (SSSR count). The second-order valence-corrected chi connectivity index (χ2v) is 7.32. The molecule has 1 aromatic heterocycles. The molecule has 0 unspecified atom stereocenters. The van der Waals surface area contributed by atoms with E-state index in [1.165, 1.54) is 38.9 Å². The van der Waals surface area contributed by atoms with Crippen LogP contribution in [0.1, 0.15) is 42.7 Å². The molecule has 29 heavy (non-hydrogen) atoms. The highest BCUT2D eigenvalue weighted by atomic mass is 15.0. The molecule has 3 aromatic rings. The van der Waals surface area contributed by atoms with Gasteiger partial charge < -0.3 is 4.57 Å². The molecular formula is C28H27N. The third-order valence-electron chi connectivity index (χ3n) is 5.41. The Hall–Kier alpha value is -3.32. The van der Waals surface area contributed by atoms with Crippen LogP contribution in [0.2, 0.25) is 0 Å². The number of nitrogens with zero attached hydrogens (tertiary/aromatic N) is 1. The average molecular weight is 378 g/mol. The summed E-state index contributed by atoms with van der Waals surface area (Å²) in [7, 11) is 0. The van der Waals surface area contributed by atoms with E-state index < -0.39 is 0 Å². The maximum atomic E-state index is 4.12. The van der Waals surface area contributed by atoms with Crippen LogP contribution in [-0.4, -0.2) is 4.57 Å². The first-order valence-corrected chi connectivity index (χ1v) is 10.3. The van der Waals surface area contributed by atoms with E-state index in [-0.39, 0.29) is 0 Å². The van der Waals surface area contributed by atoms with Crippen molar-refractivity contribution < 1.29 is 0 Å². The fraction of sp³-hybridized carbons (Fsp3) is 0.143. The van der Waals surface area contributed by atoms with Gasteiger partial charge in [-0.25, -0.2) is 0 Å². The second-order valence-electron chi connectivity index (χ2n) is 7.32. The van der Waals surface area contributed by atoms with E-state index in [9.17, 15) is 0 Å². The van der Waals surface area contributed by atoms with Gasteiger partial charge in [0.05, 0.1) is 11.2 Å². The molecule has 144 valence electrons. The second kappa shape index (κ2) is 8.36. The van der Waals surface area contributed by atoms with Gasteiger partial charge in [-0.1, -0.05) is 86.3 Å². The van der Waals surface area contributed by atoms with Crippen LogP contribution >= 0.6 is 0 Å².